The fraction of sp³-hybridized carbons (Fsp3) is 0.276. The van der Waals surface area contributed by atoms with E-state index in [1.165, 1.54) is 0 Å². The fourth-order valence-corrected chi connectivity index (χ4v) is 4.54. The van der Waals surface area contributed by atoms with Crippen LogP contribution in [0.4, 0.5) is 0 Å². The van der Waals surface area contributed by atoms with E-state index in [-0.39, 0.29) is 6.42 Å². The monoisotopic (exact) mass is 496 g/mol. The van der Waals surface area contributed by atoms with Crippen molar-refractivity contribution in [3.8, 4) is 0 Å². The minimum atomic E-state index is -1.11. The van der Waals surface area contributed by atoms with Gasteiger partial charge in [0.2, 0.25) is 0 Å². The molecule has 0 saturated carbocycles. The Hall–Kier alpha value is -3.75. The first-order chi connectivity index (χ1) is 17.6. The molecule has 1 amide bonds. The summed E-state index contributed by atoms with van der Waals surface area (Å²) in [4.78, 5) is 30.3. The highest BCUT2D eigenvalue weighted by molar-refractivity contribution is 6.62. The summed E-state index contributed by atoms with van der Waals surface area (Å²) in [6.45, 7) is 7.99. The minimum Gasteiger partial charge on any atom is -0.480 e. The number of carbonyl (C=O) groups is 2. The van der Waals surface area contributed by atoms with Crippen LogP contribution in [0.15, 0.2) is 72.8 Å². The number of nitrogens with zero attached hydrogens (tertiary/aromatic N) is 1. The molecule has 3 aromatic carbocycles. The SMILES string of the molecule is CC1(C)OB(c2ccc(C[C@H](NC(=O)c3c4ccccc4nc4ccccc34)C(=O)O)cc2)OC1(C)C. The van der Waals surface area contributed by atoms with E-state index in [0.717, 1.165) is 11.0 Å². The smallest absolute Gasteiger partial charge is 0.480 e. The summed E-state index contributed by atoms with van der Waals surface area (Å²) in [6, 6.07) is 21.1. The molecule has 5 rings (SSSR count). The van der Waals surface area contributed by atoms with Gasteiger partial charge in [0.05, 0.1) is 27.8 Å². The Morgan fingerprint density at radius 2 is 1.38 bits per heavy atom. The highest BCUT2D eigenvalue weighted by Crippen LogP contribution is 2.36. The van der Waals surface area contributed by atoms with Gasteiger partial charge in [0.25, 0.3) is 5.91 Å². The van der Waals surface area contributed by atoms with Crippen LogP contribution in [0.25, 0.3) is 21.8 Å². The molecular weight excluding hydrogens is 467 g/mol. The third kappa shape index (κ3) is 4.70. The Kier molecular flexibility index (Phi) is 6.26. The summed E-state index contributed by atoms with van der Waals surface area (Å²) < 4.78 is 12.2. The summed E-state index contributed by atoms with van der Waals surface area (Å²) in [6.07, 6.45) is 0.131. The molecule has 1 aliphatic heterocycles. The topological polar surface area (TPSA) is 97.8 Å². The average molecular weight is 496 g/mol. The zero-order valence-corrected chi connectivity index (χ0v) is 21.3. The summed E-state index contributed by atoms with van der Waals surface area (Å²) in [5.41, 5.74) is 2.51. The molecule has 7 nitrogen and oxygen atoms in total. The van der Waals surface area contributed by atoms with E-state index in [1.807, 2.05) is 100 Å². The van der Waals surface area contributed by atoms with Crippen LogP contribution in [0.5, 0.6) is 0 Å². The molecule has 4 aromatic rings. The zero-order chi connectivity index (χ0) is 26.4. The normalized spacial score (nSPS) is 17.1. The number of nitrogens with one attached hydrogen (secondary N) is 1. The third-order valence-corrected chi connectivity index (χ3v) is 7.36. The lowest BCUT2D eigenvalue weighted by molar-refractivity contribution is -0.139. The summed E-state index contributed by atoms with van der Waals surface area (Å²) in [7, 11) is -0.498. The third-order valence-electron chi connectivity index (χ3n) is 7.36. The van der Waals surface area contributed by atoms with Gasteiger partial charge in [0.15, 0.2) is 0 Å². The number of hydrogen-bond donors (Lipinski definition) is 2. The van der Waals surface area contributed by atoms with Crippen LogP contribution < -0.4 is 10.8 Å². The quantitative estimate of drug-likeness (QED) is 0.308. The van der Waals surface area contributed by atoms with Gasteiger partial charge in [-0.15, -0.1) is 0 Å². The van der Waals surface area contributed by atoms with E-state index in [2.05, 4.69) is 10.3 Å². The molecule has 0 bridgehead atoms. The number of carbonyl (C=O) groups excluding carboxylic acids is 1. The van der Waals surface area contributed by atoms with E-state index in [0.29, 0.717) is 27.4 Å². The van der Waals surface area contributed by atoms with E-state index >= 15 is 0 Å². The second kappa shape index (κ2) is 9.28. The molecule has 2 N–H and O–H groups in total. The van der Waals surface area contributed by atoms with Crippen molar-refractivity contribution in [1.29, 1.82) is 0 Å². The number of fused-ring (bicyclic) bond motifs is 2. The lowest BCUT2D eigenvalue weighted by Crippen LogP contribution is -2.42. The molecule has 1 aromatic heterocycles. The maximum atomic E-state index is 13.5. The molecule has 1 fully saturated rings. The maximum absolute atomic E-state index is 13.5. The Bertz CT molecular complexity index is 1430. The number of benzene rings is 3. The number of hydrogen-bond acceptors (Lipinski definition) is 5. The van der Waals surface area contributed by atoms with Gasteiger partial charge in [0, 0.05) is 17.2 Å². The van der Waals surface area contributed by atoms with Crippen molar-refractivity contribution < 1.29 is 24.0 Å². The first-order valence-electron chi connectivity index (χ1n) is 12.3. The van der Waals surface area contributed by atoms with Crippen molar-refractivity contribution in [2.45, 2.75) is 51.4 Å². The minimum absolute atomic E-state index is 0.131. The van der Waals surface area contributed by atoms with Crippen LogP contribution in [-0.4, -0.2) is 46.3 Å². The average Bonchev–Trinajstić information content (AvgIpc) is 3.08. The lowest BCUT2D eigenvalue weighted by atomic mass is 9.78. The fourth-order valence-electron chi connectivity index (χ4n) is 4.54. The van der Waals surface area contributed by atoms with Crippen molar-refractivity contribution >= 4 is 46.3 Å². The van der Waals surface area contributed by atoms with Crippen LogP contribution >= 0.6 is 0 Å². The van der Waals surface area contributed by atoms with Crippen LogP contribution in [0.1, 0.15) is 43.6 Å². The van der Waals surface area contributed by atoms with E-state index in [9.17, 15) is 14.7 Å². The molecule has 1 atom stereocenters. The van der Waals surface area contributed by atoms with Crippen molar-refractivity contribution in [3.63, 3.8) is 0 Å². The van der Waals surface area contributed by atoms with Crippen molar-refractivity contribution in [3.05, 3.63) is 83.9 Å². The summed E-state index contributed by atoms with van der Waals surface area (Å²) in [5, 5.41) is 14.0. The molecule has 0 unspecified atom stereocenters. The van der Waals surface area contributed by atoms with Crippen molar-refractivity contribution in [2.75, 3.05) is 0 Å². The standard InChI is InChI=1S/C29H29BN2O5/c1-28(2)29(3,4)37-30(36-28)19-15-13-18(14-16-19)17-24(27(34)35)32-26(33)25-20-9-5-7-11-22(20)31-23-12-8-6-10-21(23)25/h5-16,24H,17H2,1-4H3,(H,32,33)(H,34,35)/t24-/m0/s1. The second-order valence-corrected chi connectivity index (χ2v) is 10.4. The van der Waals surface area contributed by atoms with Crippen molar-refractivity contribution in [1.82, 2.24) is 10.3 Å². The largest absolute Gasteiger partial charge is 0.494 e. The number of aromatic nitrogens is 1. The maximum Gasteiger partial charge on any atom is 0.494 e. The van der Waals surface area contributed by atoms with Gasteiger partial charge in [0.1, 0.15) is 6.04 Å². The molecule has 37 heavy (non-hydrogen) atoms. The first-order valence-corrected chi connectivity index (χ1v) is 12.3. The van der Waals surface area contributed by atoms with Gasteiger partial charge in [-0.05, 0) is 50.9 Å². The van der Waals surface area contributed by atoms with Crippen molar-refractivity contribution in [2.24, 2.45) is 0 Å². The van der Waals surface area contributed by atoms with E-state index < -0.39 is 36.2 Å². The van der Waals surface area contributed by atoms with Gasteiger partial charge in [-0.2, -0.15) is 0 Å². The highest BCUT2D eigenvalue weighted by atomic mass is 16.7. The Morgan fingerprint density at radius 1 is 0.865 bits per heavy atom. The van der Waals surface area contributed by atoms with Crippen LogP contribution in [0.2, 0.25) is 0 Å². The Morgan fingerprint density at radius 3 is 1.89 bits per heavy atom. The number of rotatable bonds is 6. The van der Waals surface area contributed by atoms with Gasteiger partial charge >= 0.3 is 13.1 Å². The molecule has 8 heteroatoms. The number of carboxylic acids is 1. The van der Waals surface area contributed by atoms with E-state index in [4.69, 9.17) is 9.31 Å². The summed E-state index contributed by atoms with van der Waals surface area (Å²) >= 11 is 0. The predicted molar refractivity (Wildman–Crippen MR) is 144 cm³/mol. The van der Waals surface area contributed by atoms with Crippen LogP contribution in [0, 0.1) is 0 Å². The molecule has 2 heterocycles. The lowest BCUT2D eigenvalue weighted by Gasteiger charge is -2.32. The van der Waals surface area contributed by atoms with Gasteiger partial charge < -0.3 is 19.7 Å². The molecule has 0 radical (unpaired) electrons. The van der Waals surface area contributed by atoms with E-state index in [1.54, 1.807) is 0 Å². The molecule has 188 valence electrons. The molecule has 0 spiro atoms. The number of amides is 1. The number of para-hydroxylation sites is 2. The van der Waals surface area contributed by atoms with Gasteiger partial charge in [-0.1, -0.05) is 60.7 Å². The molecular formula is C29H29BN2O5. The second-order valence-electron chi connectivity index (χ2n) is 10.4. The molecule has 0 aliphatic carbocycles. The number of pyridine rings is 1. The highest BCUT2D eigenvalue weighted by Gasteiger charge is 2.51. The number of aliphatic carboxylic acids is 1. The molecule has 1 saturated heterocycles. The zero-order valence-electron chi connectivity index (χ0n) is 21.3. The Labute approximate surface area is 216 Å². The summed E-state index contributed by atoms with van der Waals surface area (Å²) in [5.74, 6) is -1.55. The van der Waals surface area contributed by atoms with Crippen LogP contribution in [0.3, 0.4) is 0 Å². The van der Waals surface area contributed by atoms with Crippen LogP contribution in [-0.2, 0) is 20.5 Å². The Balaban J connectivity index is 1.38. The predicted octanol–water partition coefficient (Wildman–Crippen LogP) is 4.11. The van der Waals surface area contributed by atoms with Gasteiger partial charge in [-0.3, -0.25) is 4.79 Å². The van der Waals surface area contributed by atoms with Gasteiger partial charge in [-0.25, -0.2) is 9.78 Å². The first kappa shape index (κ1) is 24.9. The number of carboxylic acid groups (broad SMARTS) is 1. The molecule has 1 aliphatic rings.